The number of carbonyl (C=O) groups is 2. The summed E-state index contributed by atoms with van der Waals surface area (Å²) in [7, 11) is 1.58. The van der Waals surface area contributed by atoms with Gasteiger partial charge in [-0.1, -0.05) is 46.3 Å². The maximum Gasteiger partial charge on any atom is 0.312 e. The zero-order valence-corrected chi connectivity index (χ0v) is 21.1. The molecular formula is C28H43NO3. The van der Waals surface area contributed by atoms with Gasteiger partial charge < -0.3 is 10.1 Å². The lowest BCUT2D eigenvalue weighted by Gasteiger charge is -2.69. The van der Waals surface area contributed by atoms with Gasteiger partial charge in [0.25, 0.3) is 0 Å². The van der Waals surface area contributed by atoms with E-state index in [4.69, 9.17) is 4.74 Å². The van der Waals surface area contributed by atoms with E-state index in [9.17, 15) is 9.59 Å². The van der Waals surface area contributed by atoms with E-state index in [2.05, 4.69) is 46.0 Å². The van der Waals surface area contributed by atoms with Crippen molar-refractivity contribution in [2.24, 2.45) is 38.9 Å². The summed E-state index contributed by atoms with van der Waals surface area (Å²) in [5, 5.41) is 3.36. The quantitative estimate of drug-likeness (QED) is 0.413. The number of ether oxygens (including phenoxy) is 1. The van der Waals surface area contributed by atoms with Crippen LogP contribution in [0.3, 0.4) is 0 Å². The number of hydrogen-bond donors (Lipinski definition) is 1. The zero-order valence-electron chi connectivity index (χ0n) is 21.1. The summed E-state index contributed by atoms with van der Waals surface area (Å²) in [4.78, 5) is 25.4. The van der Waals surface area contributed by atoms with Gasteiger partial charge in [-0.25, -0.2) is 0 Å². The van der Waals surface area contributed by atoms with Gasteiger partial charge in [-0.2, -0.15) is 0 Å². The first-order chi connectivity index (χ1) is 14.9. The predicted octanol–water partition coefficient (Wildman–Crippen LogP) is 5.80. The van der Waals surface area contributed by atoms with Crippen LogP contribution < -0.4 is 5.32 Å². The van der Waals surface area contributed by atoms with Gasteiger partial charge in [0, 0.05) is 12.5 Å². The van der Waals surface area contributed by atoms with E-state index in [1.807, 2.05) is 0 Å². The second-order valence-electron chi connectivity index (χ2n) is 13.4. The molecule has 4 nitrogen and oxygen atoms in total. The van der Waals surface area contributed by atoms with Crippen molar-refractivity contribution < 1.29 is 14.3 Å². The van der Waals surface area contributed by atoms with E-state index >= 15 is 0 Å². The van der Waals surface area contributed by atoms with Crippen molar-refractivity contribution in [1.29, 1.82) is 0 Å². The van der Waals surface area contributed by atoms with E-state index in [0.29, 0.717) is 24.3 Å². The van der Waals surface area contributed by atoms with Crippen LogP contribution in [0.1, 0.15) is 98.8 Å². The molecule has 1 N–H and O–H groups in total. The fourth-order valence-corrected chi connectivity index (χ4v) is 9.42. The Bertz CT molecular complexity index is 876. The van der Waals surface area contributed by atoms with E-state index < -0.39 is 0 Å². The number of amides is 1. The van der Waals surface area contributed by atoms with Crippen molar-refractivity contribution >= 4 is 11.9 Å². The molecule has 1 amide bonds. The molecule has 0 aromatic rings. The van der Waals surface area contributed by atoms with Crippen molar-refractivity contribution in [1.82, 2.24) is 5.32 Å². The van der Waals surface area contributed by atoms with Gasteiger partial charge in [0.15, 0.2) is 0 Å². The SMILES string of the molecule is COC(=O)[C@]12CCC(C)(C)C[C@H]1C1=CC[C@@H]3[C@@]4(C)CCC(=O)NC4CC[C@@]3(C)[C@]1(C)CC2. The molecule has 0 bridgehead atoms. The first-order valence-electron chi connectivity index (χ1n) is 13.0. The maximum atomic E-state index is 13.3. The van der Waals surface area contributed by atoms with Crippen LogP contribution in [0, 0.1) is 38.9 Å². The van der Waals surface area contributed by atoms with Crippen molar-refractivity contribution in [3.05, 3.63) is 11.6 Å². The molecule has 0 radical (unpaired) electrons. The fourth-order valence-electron chi connectivity index (χ4n) is 9.42. The van der Waals surface area contributed by atoms with Crippen LogP contribution in [-0.2, 0) is 14.3 Å². The largest absolute Gasteiger partial charge is 0.469 e. The van der Waals surface area contributed by atoms with Crippen molar-refractivity contribution in [3.63, 3.8) is 0 Å². The highest BCUT2D eigenvalue weighted by atomic mass is 16.5. The number of hydrogen-bond acceptors (Lipinski definition) is 3. The molecule has 0 aromatic carbocycles. The lowest BCUT2D eigenvalue weighted by atomic mass is 9.36. The Morgan fingerprint density at radius 1 is 1.03 bits per heavy atom. The number of carbonyl (C=O) groups excluding carboxylic acids is 2. The highest BCUT2D eigenvalue weighted by Crippen LogP contribution is 2.73. The molecule has 5 rings (SSSR count). The summed E-state index contributed by atoms with van der Waals surface area (Å²) in [6.45, 7) is 12.3. The number of esters is 1. The second kappa shape index (κ2) is 6.85. The standard InChI is InChI=1S/C28H43NO3/c1-24(2)13-15-28(23(31)32-6)16-14-26(4)18(19(28)17-24)7-8-20-25(3)11-10-22(30)29-21(25)9-12-27(20,26)5/h7,19-21H,8-17H2,1-6H3,(H,29,30)/t19-,20+,21?,25+,26+,27+,28-/m0/s1. The lowest BCUT2D eigenvalue weighted by Crippen LogP contribution is -2.66. The van der Waals surface area contributed by atoms with E-state index in [-0.39, 0.29) is 39.0 Å². The predicted molar refractivity (Wildman–Crippen MR) is 126 cm³/mol. The van der Waals surface area contributed by atoms with Gasteiger partial charge in [0.2, 0.25) is 5.91 Å². The van der Waals surface area contributed by atoms with Crippen LogP contribution in [-0.4, -0.2) is 25.0 Å². The van der Waals surface area contributed by atoms with Crippen LogP contribution in [0.5, 0.6) is 0 Å². The Kier molecular flexibility index (Phi) is 4.81. The molecule has 4 heteroatoms. The Balaban J connectivity index is 1.59. The average Bonchev–Trinajstić information content (AvgIpc) is 2.74. The molecule has 4 fully saturated rings. The normalized spacial score (nSPS) is 49.4. The smallest absolute Gasteiger partial charge is 0.312 e. The molecular weight excluding hydrogens is 398 g/mol. The van der Waals surface area contributed by atoms with Crippen LogP contribution >= 0.6 is 0 Å². The zero-order chi connectivity index (χ0) is 23.2. The van der Waals surface area contributed by atoms with Crippen LogP contribution in [0.25, 0.3) is 0 Å². The van der Waals surface area contributed by atoms with Crippen molar-refractivity contribution in [2.45, 2.75) is 105 Å². The fraction of sp³-hybridized carbons (Fsp3) is 0.857. The summed E-state index contributed by atoms with van der Waals surface area (Å²) in [6, 6.07) is 0.312. The minimum atomic E-state index is -0.335. The monoisotopic (exact) mass is 441 g/mol. The Morgan fingerprint density at radius 3 is 2.47 bits per heavy atom. The van der Waals surface area contributed by atoms with Gasteiger partial charge in [0.05, 0.1) is 12.5 Å². The molecule has 32 heavy (non-hydrogen) atoms. The summed E-state index contributed by atoms with van der Waals surface area (Å²) in [5.74, 6) is 1.13. The Labute approximate surface area is 194 Å². The van der Waals surface area contributed by atoms with Gasteiger partial charge in [-0.3, -0.25) is 9.59 Å². The topological polar surface area (TPSA) is 55.4 Å². The summed E-state index contributed by atoms with van der Waals surface area (Å²) < 4.78 is 5.45. The van der Waals surface area contributed by atoms with E-state index in [1.54, 1.807) is 12.7 Å². The Hall–Kier alpha value is -1.32. The maximum absolute atomic E-state index is 13.3. The summed E-state index contributed by atoms with van der Waals surface area (Å²) in [5.41, 5.74) is 1.97. The molecule has 1 aliphatic heterocycles. The number of nitrogens with one attached hydrogen (secondary N) is 1. The van der Waals surface area contributed by atoms with Gasteiger partial charge in [0.1, 0.15) is 0 Å². The third kappa shape index (κ3) is 2.73. The van der Waals surface area contributed by atoms with Crippen LogP contribution in [0.15, 0.2) is 11.6 Å². The average molecular weight is 442 g/mol. The van der Waals surface area contributed by atoms with Crippen molar-refractivity contribution in [3.8, 4) is 0 Å². The van der Waals surface area contributed by atoms with Gasteiger partial charge in [-0.15, -0.1) is 0 Å². The molecule has 3 saturated carbocycles. The number of piperidine rings is 1. The summed E-state index contributed by atoms with van der Waals surface area (Å²) >= 11 is 0. The third-order valence-electron chi connectivity index (χ3n) is 11.7. The Morgan fingerprint density at radius 2 is 1.75 bits per heavy atom. The molecule has 1 unspecified atom stereocenters. The van der Waals surface area contributed by atoms with E-state index in [1.165, 1.54) is 0 Å². The third-order valence-corrected chi connectivity index (χ3v) is 11.7. The number of methoxy groups -OCH3 is 1. The number of fused-ring (bicyclic) bond motifs is 7. The van der Waals surface area contributed by atoms with Gasteiger partial charge >= 0.3 is 5.97 Å². The van der Waals surface area contributed by atoms with Crippen molar-refractivity contribution in [2.75, 3.05) is 7.11 Å². The van der Waals surface area contributed by atoms with E-state index in [0.717, 1.165) is 57.8 Å². The molecule has 0 aromatic heterocycles. The number of allylic oxidation sites excluding steroid dienone is 2. The highest BCUT2D eigenvalue weighted by Gasteiger charge is 2.67. The first kappa shape index (κ1) is 22.5. The highest BCUT2D eigenvalue weighted by molar-refractivity contribution is 5.79. The molecule has 4 aliphatic carbocycles. The summed E-state index contributed by atoms with van der Waals surface area (Å²) in [6.07, 6.45) is 12.7. The molecule has 7 atom stereocenters. The molecule has 1 heterocycles. The van der Waals surface area contributed by atoms with Crippen LogP contribution in [0.2, 0.25) is 0 Å². The molecule has 0 spiro atoms. The minimum absolute atomic E-state index is 0.0267. The molecule has 178 valence electrons. The first-order valence-corrected chi connectivity index (χ1v) is 13.0. The van der Waals surface area contributed by atoms with Gasteiger partial charge in [-0.05, 0) is 91.3 Å². The molecule has 5 aliphatic rings. The number of rotatable bonds is 1. The van der Waals surface area contributed by atoms with Crippen LogP contribution in [0.4, 0.5) is 0 Å². The molecule has 1 saturated heterocycles. The lowest BCUT2D eigenvalue weighted by molar-refractivity contribution is -0.175. The minimum Gasteiger partial charge on any atom is -0.469 e. The second-order valence-corrected chi connectivity index (χ2v) is 13.4.